The van der Waals surface area contributed by atoms with Crippen molar-refractivity contribution in [3.8, 4) is 0 Å². The minimum atomic E-state index is -0.751. The third kappa shape index (κ3) is 3.28. The van der Waals surface area contributed by atoms with Crippen LogP contribution in [0.2, 0.25) is 0 Å². The summed E-state index contributed by atoms with van der Waals surface area (Å²) in [5, 5.41) is 23.3. The SMILES string of the molecule is CCCC(O)C(O)Cc1ncnn1CC. The van der Waals surface area contributed by atoms with E-state index in [1.807, 2.05) is 13.8 Å². The van der Waals surface area contributed by atoms with Crippen LogP contribution in [0.3, 0.4) is 0 Å². The molecule has 0 bridgehead atoms. The van der Waals surface area contributed by atoms with Gasteiger partial charge in [-0.15, -0.1) is 0 Å². The lowest BCUT2D eigenvalue weighted by atomic mass is 10.1. The van der Waals surface area contributed by atoms with Gasteiger partial charge in [-0.25, -0.2) is 4.98 Å². The van der Waals surface area contributed by atoms with E-state index in [0.29, 0.717) is 12.8 Å². The van der Waals surface area contributed by atoms with Gasteiger partial charge in [-0.1, -0.05) is 13.3 Å². The van der Waals surface area contributed by atoms with Crippen molar-refractivity contribution < 1.29 is 10.2 Å². The summed E-state index contributed by atoms with van der Waals surface area (Å²) in [5.41, 5.74) is 0. The highest BCUT2D eigenvalue weighted by atomic mass is 16.3. The van der Waals surface area contributed by atoms with Crippen molar-refractivity contribution in [3.63, 3.8) is 0 Å². The van der Waals surface area contributed by atoms with Crippen LogP contribution in [0.4, 0.5) is 0 Å². The van der Waals surface area contributed by atoms with Crippen LogP contribution in [-0.2, 0) is 13.0 Å². The van der Waals surface area contributed by atoms with Crippen LogP contribution in [0, 0.1) is 0 Å². The maximum atomic E-state index is 9.71. The van der Waals surface area contributed by atoms with Gasteiger partial charge in [0.1, 0.15) is 12.2 Å². The van der Waals surface area contributed by atoms with Gasteiger partial charge < -0.3 is 10.2 Å². The molecule has 0 fully saturated rings. The summed E-state index contributed by atoms with van der Waals surface area (Å²) in [4.78, 5) is 4.05. The molecule has 0 aromatic carbocycles. The molecule has 2 atom stereocenters. The molecule has 5 nitrogen and oxygen atoms in total. The van der Waals surface area contributed by atoms with E-state index in [9.17, 15) is 10.2 Å². The van der Waals surface area contributed by atoms with Crippen molar-refractivity contribution in [3.05, 3.63) is 12.2 Å². The molecule has 0 radical (unpaired) electrons. The molecule has 0 aliphatic rings. The zero-order chi connectivity index (χ0) is 11.3. The quantitative estimate of drug-likeness (QED) is 0.716. The Bertz CT molecular complexity index is 288. The molecule has 1 heterocycles. The van der Waals surface area contributed by atoms with E-state index in [0.717, 1.165) is 18.8 Å². The Morgan fingerprint density at radius 2 is 2.07 bits per heavy atom. The first-order valence-electron chi connectivity index (χ1n) is 5.41. The molecule has 0 aliphatic heterocycles. The fourth-order valence-electron chi connectivity index (χ4n) is 1.52. The Balaban J connectivity index is 2.53. The average Bonchev–Trinajstić information content (AvgIpc) is 2.65. The van der Waals surface area contributed by atoms with E-state index < -0.39 is 12.2 Å². The van der Waals surface area contributed by atoms with Gasteiger partial charge in [0.15, 0.2) is 0 Å². The van der Waals surface area contributed by atoms with Crippen molar-refractivity contribution in [1.29, 1.82) is 0 Å². The normalized spacial score (nSPS) is 15.2. The highest BCUT2D eigenvalue weighted by Gasteiger charge is 2.18. The maximum Gasteiger partial charge on any atom is 0.138 e. The van der Waals surface area contributed by atoms with Gasteiger partial charge in [0.2, 0.25) is 0 Å². The van der Waals surface area contributed by atoms with Crippen LogP contribution in [0.15, 0.2) is 6.33 Å². The summed E-state index contributed by atoms with van der Waals surface area (Å²) in [6, 6.07) is 0. The van der Waals surface area contributed by atoms with E-state index in [1.165, 1.54) is 6.33 Å². The number of aromatic nitrogens is 3. The lowest BCUT2D eigenvalue weighted by molar-refractivity contribution is 0.0132. The third-order valence-electron chi connectivity index (χ3n) is 2.42. The summed E-state index contributed by atoms with van der Waals surface area (Å²) >= 11 is 0. The van der Waals surface area contributed by atoms with Gasteiger partial charge in [-0.2, -0.15) is 5.10 Å². The van der Waals surface area contributed by atoms with Gasteiger partial charge in [0.25, 0.3) is 0 Å². The van der Waals surface area contributed by atoms with Crippen LogP contribution in [0.5, 0.6) is 0 Å². The molecular weight excluding hydrogens is 194 g/mol. The molecule has 0 saturated carbocycles. The number of aliphatic hydroxyl groups is 2. The summed E-state index contributed by atoms with van der Waals surface area (Å²) in [6.07, 6.45) is 1.88. The van der Waals surface area contributed by atoms with Crippen LogP contribution in [-0.4, -0.2) is 37.2 Å². The van der Waals surface area contributed by atoms with E-state index in [1.54, 1.807) is 4.68 Å². The lowest BCUT2D eigenvalue weighted by Gasteiger charge is -2.16. The fourth-order valence-corrected chi connectivity index (χ4v) is 1.52. The first-order chi connectivity index (χ1) is 7.19. The second-order valence-electron chi connectivity index (χ2n) is 3.62. The second-order valence-corrected chi connectivity index (χ2v) is 3.62. The number of rotatable bonds is 6. The van der Waals surface area contributed by atoms with Gasteiger partial charge in [-0.3, -0.25) is 4.68 Å². The molecule has 1 rings (SSSR count). The van der Waals surface area contributed by atoms with E-state index >= 15 is 0 Å². The number of aliphatic hydroxyl groups excluding tert-OH is 2. The molecule has 2 N–H and O–H groups in total. The van der Waals surface area contributed by atoms with Crippen molar-refractivity contribution in [2.24, 2.45) is 0 Å². The Morgan fingerprint density at radius 3 is 2.67 bits per heavy atom. The van der Waals surface area contributed by atoms with Gasteiger partial charge >= 0.3 is 0 Å². The van der Waals surface area contributed by atoms with Crippen molar-refractivity contribution in [2.75, 3.05) is 0 Å². The van der Waals surface area contributed by atoms with Gasteiger partial charge in [-0.05, 0) is 13.3 Å². The Labute approximate surface area is 89.8 Å². The van der Waals surface area contributed by atoms with Gasteiger partial charge in [0.05, 0.1) is 12.2 Å². The van der Waals surface area contributed by atoms with Crippen molar-refractivity contribution >= 4 is 0 Å². The minimum Gasteiger partial charge on any atom is -0.390 e. The average molecular weight is 213 g/mol. The van der Waals surface area contributed by atoms with Crippen molar-refractivity contribution in [2.45, 2.75) is 51.9 Å². The smallest absolute Gasteiger partial charge is 0.138 e. The Kier molecular flexibility index (Phi) is 4.71. The van der Waals surface area contributed by atoms with Crippen LogP contribution in [0.1, 0.15) is 32.5 Å². The molecule has 0 amide bonds. The van der Waals surface area contributed by atoms with Gasteiger partial charge in [0, 0.05) is 13.0 Å². The highest BCUT2D eigenvalue weighted by Crippen LogP contribution is 2.07. The summed E-state index contributed by atoms with van der Waals surface area (Å²) in [5.74, 6) is 0.722. The standard InChI is InChI=1S/C10H19N3O2/c1-3-5-8(14)9(15)6-10-11-7-12-13(10)4-2/h7-9,14-15H,3-6H2,1-2H3. The summed E-state index contributed by atoms with van der Waals surface area (Å²) in [7, 11) is 0. The lowest BCUT2D eigenvalue weighted by Crippen LogP contribution is -2.29. The van der Waals surface area contributed by atoms with Crippen LogP contribution in [0.25, 0.3) is 0 Å². The minimum absolute atomic E-state index is 0.356. The molecule has 1 aromatic rings. The second kappa shape index (κ2) is 5.82. The fraction of sp³-hybridized carbons (Fsp3) is 0.800. The zero-order valence-electron chi connectivity index (χ0n) is 9.30. The number of aryl methyl sites for hydroxylation is 1. The topological polar surface area (TPSA) is 71.2 Å². The summed E-state index contributed by atoms with van der Waals surface area (Å²) < 4.78 is 1.72. The molecule has 2 unspecified atom stereocenters. The molecule has 5 heteroatoms. The molecule has 1 aromatic heterocycles. The largest absolute Gasteiger partial charge is 0.390 e. The molecule has 86 valence electrons. The molecule has 0 aliphatic carbocycles. The Hall–Kier alpha value is -0.940. The van der Waals surface area contributed by atoms with Crippen molar-refractivity contribution in [1.82, 2.24) is 14.8 Å². The number of nitrogens with zero attached hydrogens (tertiary/aromatic N) is 3. The maximum absolute atomic E-state index is 9.71. The first-order valence-corrected chi connectivity index (χ1v) is 5.41. The van der Waals surface area contributed by atoms with Crippen LogP contribution < -0.4 is 0 Å². The zero-order valence-corrected chi connectivity index (χ0v) is 9.30. The number of hydrogen-bond donors (Lipinski definition) is 2. The highest BCUT2D eigenvalue weighted by molar-refractivity contribution is 4.89. The molecular formula is C10H19N3O2. The monoisotopic (exact) mass is 213 g/mol. The molecule has 0 saturated heterocycles. The van der Waals surface area contributed by atoms with E-state index in [-0.39, 0.29) is 0 Å². The third-order valence-corrected chi connectivity index (χ3v) is 2.42. The summed E-state index contributed by atoms with van der Waals surface area (Å²) in [6.45, 7) is 4.67. The van der Waals surface area contributed by atoms with E-state index in [4.69, 9.17) is 0 Å². The molecule has 0 spiro atoms. The van der Waals surface area contributed by atoms with Crippen LogP contribution >= 0.6 is 0 Å². The number of hydrogen-bond acceptors (Lipinski definition) is 4. The first kappa shape index (κ1) is 12.1. The predicted octanol–water partition coefficient (Wildman–Crippen LogP) is 0.362. The molecule has 15 heavy (non-hydrogen) atoms. The predicted molar refractivity (Wildman–Crippen MR) is 56.3 cm³/mol. The Morgan fingerprint density at radius 1 is 1.33 bits per heavy atom. The van der Waals surface area contributed by atoms with E-state index in [2.05, 4.69) is 10.1 Å².